The normalized spacial score (nSPS) is 13.1. The quantitative estimate of drug-likeness (QED) is 0.161. The van der Waals surface area contributed by atoms with Gasteiger partial charge in [0, 0.05) is 5.41 Å². The van der Waals surface area contributed by atoms with E-state index in [1.807, 2.05) is 0 Å². The van der Waals surface area contributed by atoms with Crippen molar-refractivity contribution in [3.8, 4) is 55.6 Å². The third kappa shape index (κ3) is 4.85. The van der Waals surface area contributed by atoms with Gasteiger partial charge in [0.25, 0.3) is 0 Å². The summed E-state index contributed by atoms with van der Waals surface area (Å²) < 4.78 is 0. The van der Waals surface area contributed by atoms with Crippen molar-refractivity contribution in [2.24, 2.45) is 0 Å². The highest BCUT2D eigenvalue weighted by Gasteiger charge is 2.36. The predicted octanol–water partition coefficient (Wildman–Crippen LogP) is 15.3. The summed E-state index contributed by atoms with van der Waals surface area (Å²) in [6, 6.07) is 72.1. The fourth-order valence-electron chi connectivity index (χ4n) is 9.55. The monoisotopic (exact) mass is 698 g/mol. The van der Waals surface area contributed by atoms with Gasteiger partial charge in [0.1, 0.15) is 0 Å². The van der Waals surface area contributed by atoms with Crippen LogP contribution < -0.4 is 0 Å². The van der Waals surface area contributed by atoms with Crippen LogP contribution in [0.5, 0.6) is 0 Å². The van der Waals surface area contributed by atoms with E-state index >= 15 is 0 Å². The zero-order valence-corrected chi connectivity index (χ0v) is 31.0. The van der Waals surface area contributed by atoms with Crippen LogP contribution in [-0.4, -0.2) is 0 Å². The maximum absolute atomic E-state index is 2.43. The van der Waals surface area contributed by atoms with Gasteiger partial charge in [-0.05, 0) is 128 Å². The third-order valence-electron chi connectivity index (χ3n) is 12.3. The smallest absolute Gasteiger partial charge is 0.0159 e. The van der Waals surface area contributed by atoms with Gasteiger partial charge in [0.2, 0.25) is 0 Å². The summed E-state index contributed by atoms with van der Waals surface area (Å²) in [6.45, 7) is 4.75. The van der Waals surface area contributed by atoms with Crippen LogP contribution in [0.15, 0.2) is 194 Å². The van der Waals surface area contributed by atoms with Gasteiger partial charge in [-0.25, -0.2) is 0 Å². The Labute approximate surface area is 322 Å². The van der Waals surface area contributed by atoms with Crippen LogP contribution >= 0.6 is 0 Å². The molecule has 0 nitrogen and oxygen atoms in total. The Balaban J connectivity index is 1.05. The van der Waals surface area contributed by atoms with Crippen LogP contribution in [0.1, 0.15) is 25.0 Å². The summed E-state index contributed by atoms with van der Waals surface area (Å²) in [5.41, 5.74) is 15.5. The van der Waals surface area contributed by atoms with Gasteiger partial charge in [0.05, 0.1) is 0 Å². The molecule has 0 saturated carbocycles. The molecular formula is C55H38. The van der Waals surface area contributed by atoms with E-state index in [4.69, 9.17) is 0 Å². The van der Waals surface area contributed by atoms with Gasteiger partial charge in [0.15, 0.2) is 0 Å². The molecule has 55 heavy (non-hydrogen) atoms. The lowest BCUT2D eigenvalue weighted by molar-refractivity contribution is 0.661. The molecule has 0 amide bonds. The van der Waals surface area contributed by atoms with Crippen molar-refractivity contribution in [3.05, 3.63) is 205 Å². The highest BCUT2D eigenvalue weighted by molar-refractivity contribution is 6.24. The van der Waals surface area contributed by atoms with Crippen molar-refractivity contribution in [1.82, 2.24) is 0 Å². The molecule has 11 rings (SSSR count). The number of benzene rings is 10. The summed E-state index contributed by atoms with van der Waals surface area (Å²) in [5, 5.41) is 10.2. The Morgan fingerprint density at radius 1 is 0.273 bits per heavy atom. The highest BCUT2D eigenvalue weighted by atomic mass is 14.4. The molecule has 0 radical (unpaired) electrons. The second-order valence-corrected chi connectivity index (χ2v) is 15.6. The Hall–Kier alpha value is -6.76. The molecule has 0 heteroatoms. The maximum atomic E-state index is 2.43. The van der Waals surface area contributed by atoms with E-state index in [2.05, 4.69) is 208 Å². The molecule has 0 N–H and O–H groups in total. The number of rotatable bonds is 4. The molecule has 1 aliphatic rings. The molecule has 0 fully saturated rings. The van der Waals surface area contributed by atoms with E-state index in [-0.39, 0.29) is 5.41 Å². The first kappa shape index (κ1) is 31.7. The molecule has 0 saturated heterocycles. The molecule has 0 atom stereocenters. The molecule has 0 unspecified atom stereocenters. The van der Waals surface area contributed by atoms with Crippen LogP contribution in [0.25, 0.3) is 98.7 Å². The number of fused-ring (bicyclic) bond motifs is 7. The van der Waals surface area contributed by atoms with Crippen molar-refractivity contribution in [3.63, 3.8) is 0 Å². The van der Waals surface area contributed by atoms with Crippen molar-refractivity contribution >= 4 is 43.1 Å². The van der Waals surface area contributed by atoms with Gasteiger partial charge in [-0.3, -0.25) is 0 Å². The van der Waals surface area contributed by atoms with Gasteiger partial charge in [-0.2, -0.15) is 0 Å². The van der Waals surface area contributed by atoms with Gasteiger partial charge >= 0.3 is 0 Å². The predicted molar refractivity (Wildman–Crippen MR) is 236 cm³/mol. The molecular weight excluding hydrogens is 661 g/mol. The molecule has 0 spiro atoms. The second-order valence-electron chi connectivity index (χ2n) is 15.6. The largest absolute Gasteiger partial charge is 0.0622 e. The van der Waals surface area contributed by atoms with Crippen molar-refractivity contribution < 1.29 is 0 Å². The molecule has 0 aliphatic heterocycles. The van der Waals surface area contributed by atoms with E-state index in [0.717, 1.165) is 0 Å². The summed E-state index contributed by atoms with van der Waals surface area (Å²) in [4.78, 5) is 0. The summed E-state index contributed by atoms with van der Waals surface area (Å²) in [7, 11) is 0. The molecule has 0 heterocycles. The number of hydrogen-bond donors (Lipinski definition) is 0. The summed E-state index contributed by atoms with van der Waals surface area (Å²) in [6.07, 6.45) is 0. The number of hydrogen-bond acceptors (Lipinski definition) is 0. The van der Waals surface area contributed by atoms with Gasteiger partial charge in [-0.1, -0.05) is 190 Å². The molecule has 10 aromatic carbocycles. The van der Waals surface area contributed by atoms with E-state index < -0.39 is 0 Å². The molecule has 0 bridgehead atoms. The highest BCUT2D eigenvalue weighted by Crippen LogP contribution is 2.51. The van der Waals surface area contributed by atoms with Crippen molar-refractivity contribution in [1.29, 1.82) is 0 Å². The zero-order chi connectivity index (χ0) is 36.7. The first-order valence-corrected chi connectivity index (χ1v) is 19.3. The lowest BCUT2D eigenvalue weighted by Crippen LogP contribution is -2.15. The Kier molecular flexibility index (Phi) is 7.00. The van der Waals surface area contributed by atoms with E-state index in [0.29, 0.717) is 0 Å². The zero-order valence-electron chi connectivity index (χ0n) is 31.0. The SMILES string of the molecule is CC1(C)c2cc(-c3ccc(-c4c5ccccc5c(-c5ccc(-c6ccccc6)c6ccccc56)c5ccccc45)cc3)ccc2-c2cc3ccccc3cc21. The molecule has 10 aromatic rings. The average molecular weight is 699 g/mol. The lowest BCUT2D eigenvalue weighted by Gasteiger charge is -2.22. The lowest BCUT2D eigenvalue weighted by atomic mass is 9.81. The van der Waals surface area contributed by atoms with Crippen molar-refractivity contribution in [2.75, 3.05) is 0 Å². The van der Waals surface area contributed by atoms with Crippen LogP contribution in [0.2, 0.25) is 0 Å². The summed E-state index contributed by atoms with van der Waals surface area (Å²) >= 11 is 0. The fraction of sp³-hybridized carbons (Fsp3) is 0.0545. The topological polar surface area (TPSA) is 0 Å². The van der Waals surface area contributed by atoms with Crippen LogP contribution in [0.4, 0.5) is 0 Å². The minimum atomic E-state index is -0.0720. The Bertz CT molecular complexity index is 3090. The van der Waals surface area contributed by atoms with E-state index in [9.17, 15) is 0 Å². The first-order chi connectivity index (χ1) is 27.0. The van der Waals surface area contributed by atoms with Crippen LogP contribution in [0, 0.1) is 0 Å². The molecule has 1 aliphatic carbocycles. The average Bonchev–Trinajstić information content (AvgIpc) is 3.46. The minimum absolute atomic E-state index is 0.0720. The molecule has 0 aromatic heterocycles. The van der Waals surface area contributed by atoms with Gasteiger partial charge < -0.3 is 0 Å². The summed E-state index contributed by atoms with van der Waals surface area (Å²) in [5.74, 6) is 0. The van der Waals surface area contributed by atoms with E-state index in [1.54, 1.807) is 0 Å². The minimum Gasteiger partial charge on any atom is -0.0622 e. The Morgan fingerprint density at radius 3 is 1.38 bits per heavy atom. The van der Waals surface area contributed by atoms with Crippen LogP contribution in [0.3, 0.4) is 0 Å². The Morgan fingerprint density at radius 2 is 0.727 bits per heavy atom. The standard InChI is InChI=1S/C55H38/c1-55(2)51-34-40(28-29-44(51)50-32-38-16-6-7-17-39(38)33-52(50)55)35-24-26-37(27-25-35)53-45-20-10-12-22-47(45)54(48-23-13-11-21-46(48)53)49-31-30-41(36-14-4-3-5-15-36)42-18-8-9-19-43(42)49/h3-34H,1-2H3. The van der Waals surface area contributed by atoms with Gasteiger partial charge in [-0.15, -0.1) is 0 Å². The van der Waals surface area contributed by atoms with Crippen LogP contribution in [-0.2, 0) is 5.41 Å². The van der Waals surface area contributed by atoms with Crippen molar-refractivity contribution in [2.45, 2.75) is 19.3 Å². The third-order valence-corrected chi connectivity index (χ3v) is 12.3. The maximum Gasteiger partial charge on any atom is 0.0159 e. The first-order valence-electron chi connectivity index (χ1n) is 19.3. The van der Waals surface area contributed by atoms with E-state index in [1.165, 1.54) is 110 Å². The second kappa shape index (κ2) is 12.1. The molecule has 258 valence electrons. The fourth-order valence-corrected chi connectivity index (χ4v) is 9.55.